The van der Waals surface area contributed by atoms with Gasteiger partial charge in [0.15, 0.2) is 0 Å². The first kappa shape index (κ1) is 15.6. The molecule has 0 saturated heterocycles. The Bertz CT molecular complexity index is 1000. The van der Waals surface area contributed by atoms with Gasteiger partial charge in [-0.05, 0) is 36.4 Å². The SMILES string of the molecule is O=C(O)CC1c2nc3ccccc3cc2C(=O)N1c1ccc(Cl)cc1. The topological polar surface area (TPSA) is 70.5 Å². The predicted molar refractivity (Wildman–Crippen MR) is 95.0 cm³/mol. The molecule has 4 rings (SSSR count). The van der Waals surface area contributed by atoms with Gasteiger partial charge in [0.2, 0.25) is 0 Å². The number of para-hydroxylation sites is 1. The van der Waals surface area contributed by atoms with E-state index in [-0.39, 0.29) is 12.3 Å². The summed E-state index contributed by atoms with van der Waals surface area (Å²) in [6.07, 6.45) is -0.216. The molecule has 2 aromatic carbocycles. The summed E-state index contributed by atoms with van der Waals surface area (Å²) in [7, 11) is 0. The summed E-state index contributed by atoms with van der Waals surface area (Å²) in [5.41, 5.74) is 2.28. The number of aromatic nitrogens is 1. The molecule has 1 aliphatic rings. The number of aliphatic carboxylic acids is 1. The Morgan fingerprint density at radius 1 is 1.16 bits per heavy atom. The number of carbonyl (C=O) groups excluding carboxylic acids is 1. The van der Waals surface area contributed by atoms with E-state index in [0.29, 0.717) is 22.0 Å². The highest BCUT2D eigenvalue weighted by molar-refractivity contribution is 6.30. The molecule has 0 aliphatic carbocycles. The monoisotopic (exact) mass is 352 g/mol. The van der Waals surface area contributed by atoms with Gasteiger partial charge in [-0.2, -0.15) is 0 Å². The number of fused-ring (bicyclic) bond motifs is 2. The Morgan fingerprint density at radius 2 is 1.88 bits per heavy atom. The number of nitrogens with zero attached hydrogens (tertiary/aromatic N) is 2. The summed E-state index contributed by atoms with van der Waals surface area (Å²) in [5.74, 6) is -1.23. The van der Waals surface area contributed by atoms with Crippen LogP contribution in [0.15, 0.2) is 54.6 Å². The lowest BCUT2D eigenvalue weighted by molar-refractivity contribution is -0.137. The molecule has 1 unspecified atom stereocenters. The molecule has 0 bridgehead atoms. The Kier molecular flexibility index (Phi) is 3.66. The number of carbonyl (C=O) groups is 2. The van der Waals surface area contributed by atoms with Crippen LogP contribution < -0.4 is 4.90 Å². The third kappa shape index (κ3) is 2.62. The maximum Gasteiger partial charge on any atom is 0.305 e. The molecule has 6 heteroatoms. The maximum atomic E-state index is 13.0. The van der Waals surface area contributed by atoms with E-state index in [1.165, 1.54) is 4.90 Å². The normalized spacial score (nSPS) is 16.3. The van der Waals surface area contributed by atoms with Crippen molar-refractivity contribution in [3.8, 4) is 0 Å². The fourth-order valence-corrected chi connectivity index (χ4v) is 3.33. The first-order valence-corrected chi connectivity index (χ1v) is 8.13. The summed E-state index contributed by atoms with van der Waals surface area (Å²) < 4.78 is 0. The summed E-state index contributed by atoms with van der Waals surface area (Å²) in [4.78, 5) is 30.4. The lowest BCUT2D eigenvalue weighted by Crippen LogP contribution is -2.29. The highest BCUT2D eigenvalue weighted by Gasteiger charge is 2.40. The van der Waals surface area contributed by atoms with Crippen molar-refractivity contribution >= 4 is 40.1 Å². The standard InChI is InChI=1S/C19H13ClN2O3/c20-12-5-7-13(8-6-12)22-16(10-17(23)24)18-14(19(22)25)9-11-3-1-2-4-15(11)21-18/h1-9,16H,10H2,(H,23,24). The number of benzene rings is 2. The fraction of sp³-hybridized carbons (Fsp3) is 0.105. The van der Waals surface area contributed by atoms with Crippen LogP contribution in [0, 0.1) is 0 Å². The molecule has 2 heterocycles. The number of halogens is 1. The summed E-state index contributed by atoms with van der Waals surface area (Å²) >= 11 is 5.93. The molecule has 1 N–H and O–H groups in total. The van der Waals surface area contributed by atoms with Crippen LogP contribution in [0.3, 0.4) is 0 Å². The third-order valence-electron chi connectivity index (χ3n) is 4.30. The molecular weight excluding hydrogens is 340 g/mol. The molecule has 124 valence electrons. The van der Waals surface area contributed by atoms with Gasteiger partial charge in [0.1, 0.15) is 0 Å². The number of hydrogen-bond donors (Lipinski definition) is 1. The Hall–Kier alpha value is -2.92. The zero-order chi connectivity index (χ0) is 17.6. The van der Waals surface area contributed by atoms with Crippen molar-refractivity contribution in [2.24, 2.45) is 0 Å². The Morgan fingerprint density at radius 3 is 2.60 bits per heavy atom. The number of pyridine rings is 1. The van der Waals surface area contributed by atoms with Gasteiger partial charge in [-0.1, -0.05) is 29.8 Å². The number of carboxylic acid groups (broad SMARTS) is 1. The minimum absolute atomic E-state index is 0.216. The molecule has 0 saturated carbocycles. The molecular formula is C19H13ClN2O3. The van der Waals surface area contributed by atoms with Crippen LogP contribution in [0.2, 0.25) is 5.02 Å². The van der Waals surface area contributed by atoms with E-state index in [1.807, 2.05) is 24.3 Å². The third-order valence-corrected chi connectivity index (χ3v) is 4.55. The van der Waals surface area contributed by atoms with E-state index in [1.54, 1.807) is 30.3 Å². The number of amides is 1. The number of rotatable bonds is 3. The zero-order valence-corrected chi connectivity index (χ0v) is 13.8. The van der Waals surface area contributed by atoms with Gasteiger partial charge < -0.3 is 5.11 Å². The van der Waals surface area contributed by atoms with Crippen LogP contribution in [0.5, 0.6) is 0 Å². The number of anilines is 1. The van der Waals surface area contributed by atoms with Gasteiger partial charge in [0.25, 0.3) is 5.91 Å². The Labute approximate surface area is 148 Å². The van der Waals surface area contributed by atoms with Crippen molar-refractivity contribution in [2.45, 2.75) is 12.5 Å². The second kappa shape index (κ2) is 5.86. The Balaban J connectivity index is 1.89. The van der Waals surface area contributed by atoms with E-state index >= 15 is 0 Å². The van der Waals surface area contributed by atoms with Crippen molar-refractivity contribution < 1.29 is 14.7 Å². The van der Waals surface area contributed by atoms with Gasteiger partial charge >= 0.3 is 5.97 Å². The molecule has 1 aromatic heterocycles. The van der Waals surface area contributed by atoms with Crippen LogP contribution in [0.1, 0.15) is 28.5 Å². The first-order valence-electron chi connectivity index (χ1n) is 7.75. The fourth-order valence-electron chi connectivity index (χ4n) is 3.20. The van der Waals surface area contributed by atoms with Crippen LogP contribution in [0.25, 0.3) is 10.9 Å². The molecule has 3 aromatic rings. The second-order valence-electron chi connectivity index (χ2n) is 5.88. The molecule has 1 aliphatic heterocycles. The van der Waals surface area contributed by atoms with Gasteiger partial charge in [-0.15, -0.1) is 0 Å². The molecule has 1 atom stereocenters. The summed E-state index contributed by atoms with van der Waals surface area (Å²) in [5, 5.41) is 10.7. The van der Waals surface area contributed by atoms with Crippen molar-refractivity contribution in [2.75, 3.05) is 4.90 Å². The average Bonchev–Trinajstić information content (AvgIpc) is 2.85. The molecule has 25 heavy (non-hydrogen) atoms. The molecule has 0 radical (unpaired) electrons. The van der Waals surface area contributed by atoms with Crippen LogP contribution >= 0.6 is 11.6 Å². The van der Waals surface area contributed by atoms with E-state index in [2.05, 4.69) is 4.98 Å². The lowest BCUT2D eigenvalue weighted by atomic mass is 10.1. The average molecular weight is 353 g/mol. The molecule has 1 amide bonds. The number of carboxylic acids is 1. The van der Waals surface area contributed by atoms with Crippen molar-refractivity contribution in [1.82, 2.24) is 4.98 Å². The largest absolute Gasteiger partial charge is 0.481 e. The predicted octanol–water partition coefficient (Wildman–Crippen LogP) is 4.06. The maximum absolute atomic E-state index is 13.0. The van der Waals surface area contributed by atoms with Gasteiger partial charge in [0, 0.05) is 16.1 Å². The van der Waals surface area contributed by atoms with Crippen LogP contribution in [0.4, 0.5) is 5.69 Å². The van der Waals surface area contributed by atoms with Gasteiger partial charge in [0.05, 0.1) is 29.2 Å². The van der Waals surface area contributed by atoms with Crippen molar-refractivity contribution in [3.63, 3.8) is 0 Å². The van der Waals surface area contributed by atoms with Crippen LogP contribution in [-0.4, -0.2) is 22.0 Å². The molecule has 5 nitrogen and oxygen atoms in total. The minimum atomic E-state index is -0.987. The van der Waals surface area contributed by atoms with Crippen molar-refractivity contribution in [1.29, 1.82) is 0 Å². The summed E-state index contributed by atoms with van der Waals surface area (Å²) in [6.45, 7) is 0. The first-order chi connectivity index (χ1) is 12.0. The van der Waals surface area contributed by atoms with E-state index in [9.17, 15) is 14.7 Å². The lowest BCUT2D eigenvalue weighted by Gasteiger charge is -2.23. The smallest absolute Gasteiger partial charge is 0.305 e. The second-order valence-corrected chi connectivity index (χ2v) is 6.32. The van der Waals surface area contributed by atoms with E-state index in [0.717, 1.165) is 10.9 Å². The number of hydrogen-bond acceptors (Lipinski definition) is 3. The molecule has 0 spiro atoms. The highest BCUT2D eigenvalue weighted by Crippen LogP contribution is 2.39. The van der Waals surface area contributed by atoms with E-state index < -0.39 is 12.0 Å². The van der Waals surface area contributed by atoms with Gasteiger partial charge in [-0.3, -0.25) is 14.5 Å². The quantitative estimate of drug-likeness (QED) is 0.771. The van der Waals surface area contributed by atoms with Crippen molar-refractivity contribution in [3.05, 3.63) is 70.9 Å². The van der Waals surface area contributed by atoms with Crippen LogP contribution in [-0.2, 0) is 4.79 Å². The zero-order valence-electron chi connectivity index (χ0n) is 13.0. The minimum Gasteiger partial charge on any atom is -0.481 e. The summed E-state index contributed by atoms with van der Waals surface area (Å²) in [6, 6.07) is 15.4. The van der Waals surface area contributed by atoms with E-state index in [4.69, 9.17) is 11.6 Å². The molecule has 0 fully saturated rings. The highest BCUT2D eigenvalue weighted by atomic mass is 35.5. The van der Waals surface area contributed by atoms with Gasteiger partial charge in [-0.25, -0.2) is 4.98 Å².